The van der Waals surface area contributed by atoms with Crippen LogP contribution in [0.15, 0.2) is 59.5 Å². The fourth-order valence-electron chi connectivity index (χ4n) is 2.87. The Hall–Kier alpha value is -2.27. The standard InChI is InChI=1S/C19H20N2O2S/c1-24-17-10-6-5-9-16(17)19(23)21-13-11-20(12-14-21)18(22)15-7-3-2-4-8-15/h2-10H,11-14H2,1H3. The maximum absolute atomic E-state index is 12.7. The van der Waals surface area contributed by atoms with Crippen LogP contribution in [0.25, 0.3) is 0 Å². The van der Waals surface area contributed by atoms with Crippen LogP contribution in [0.3, 0.4) is 0 Å². The first-order chi connectivity index (χ1) is 11.7. The fraction of sp³-hybridized carbons (Fsp3) is 0.263. The number of carbonyl (C=O) groups is 2. The van der Waals surface area contributed by atoms with Gasteiger partial charge in [0.2, 0.25) is 0 Å². The van der Waals surface area contributed by atoms with Crippen LogP contribution in [0.1, 0.15) is 20.7 Å². The number of carbonyl (C=O) groups excluding carboxylic acids is 2. The van der Waals surface area contributed by atoms with Gasteiger partial charge in [0.1, 0.15) is 0 Å². The molecule has 0 radical (unpaired) electrons. The molecular weight excluding hydrogens is 320 g/mol. The van der Waals surface area contributed by atoms with Crippen molar-refractivity contribution in [2.75, 3.05) is 32.4 Å². The average molecular weight is 340 g/mol. The summed E-state index contributed by atoms with van der Waals surface area (Å²) in [5.74, 6) is 0.0824. The summed E-state index contributed by atoms with van der Waals surface area (Å²) in [6.07, 6.45) is 1.97. The zero-order chi connectivity index (χ0) is 16.9. The lowest BCUT2D eigenvalue weighted by molar-refractivity contribution is 0.0533. The highest BCUT2D eigenvalue weighted by Gasteiger charge is 2.26. The quantitative estimate of drug-likeness (QED) is 0.807. The van der Waals surface area contributed by atoms with Crippen molar-refractivity contribution >= 4 is 23.6 Å². The van der Waals surface area contributed by atoms with E-state index in [0.717, 1.165) is 10.5 Å². The highest BCUT2D eigenvalue weighted by molar-refractivity contribution is 7.98. The fourth-order valence-corrected chi connectivity index (χ4v) is 3.46. The Labute approximate surface area is 146 Å². The first-order valence-electron chi connectivity index (χ1n) is 7.97. The molecule has 2 aromatic carbocycles. The summed E-state index contributed by atoms with van der Waals surface area (Å²) in [7, 11) is 0. The monoisotopic (exact) mass is 340 g/mol. The van der Waals surface area contributed by atoms with Gasteiger partial charge in [-0.05, 0) is 30.5 Å². The Morgan fingerprint density at radius 1 is 0.792 bits per heavy atom. The van der Waals surface area contributed by atoms with Gasteiger partial charge in [-0.3, -0.25) is 9.59 Å². The van der Waals surface area contributed by atoms with Crippen molar-refractivity contribution in [3.05, 3.63) is 65.7 Å². The van der Waals surface area contributed by atoms with Gasteiger partial charge in [0.05, 0.1) is 5.56 Å². The molecule has 1 fully saturated rings. The Morgan fingerprint density at radius 2 is 1.33 bits per heavy atom. The van der Waals surface area contributed by atoms with Crippen LogP contribution < -0.4 is 0 Å². The van der Waals surface area contributed by atoms with E-state index in [9.17, 15) is 9.59 Å². The van der Waals surface area contributed by atoms with E-state index in [4.69, 9.17) is 0 Å². The maximum Gasteiger partial charge on any atom is 0.255 e. The summed E-state index contributed by atoms with van der Waals surface area (Å²) in [6, 6.07) is 17.0. The van der Waals surface area contributed by atoms with E-state index in [1.165, 1.54) is 0 Å². The summed E-state index contributed by atoms with van der Waals surface area (Å²) in [6.45, 7) is 2.28. The molecule has 4 nitrogen and oxygen atoms in total. The first kappa shape index (κ1) is 16.6. The summed E-state index contributed by atoms with van der Waals surface area (Å²) < 4.78 is 0. The summed E-state index contributed by atoms with van der Waals surface area (Å²) in [5, 5.41) is 0. The van der Waals surface area contributed by atoms with Crippen molar-refractivity contribution in [1.29, 1.82) is 0 Å². The molecule has 1 aliphatic rings. The largest absolute Gasteiger partial charge is 0.335 e. The zero-order valence-electron chi connectivity index (χ0n) is 13.6. The van der Waals surface area contributed by atoms with E-state index in [1.807, 2.05) is 70.7 Å². The van der Waals surface area contributed by atoms with Crippen LogP contribution in [0.2, 0.25) is 0 Å². The second kappa shape index (κ2) is 7.53. The molecule has 24 heavy (non-hydrogen) atoms. The molecule has 2 aromatic rings. The maximum atomic E-state index is 12.7. The molecule has 0 aliphatic carbocycles. The normalized spacial score (nSPS) is 14.5. The number of hydrogen-bond donors (Lipinski definition) is 0. The van der Waals surface area contributed by atoms with Gasteiger partial charge in [0.25, 0.3) is 11.8 Å². The SMILES string of the molecule is CSc1ccccc1C(=O)N1CCN(C(=O)c2ccccc2)CC1. The van der Waals surface area contributed by atoms with Crippen molar-refractivity contribution in [3.63, 3.8) is 0 Å². The van der Waals surface area contributed by atoms with Gasteiger partial charge >= 0.3 is 0 Å². The lowest BCUT2D eigenvalue weighted by atomic mass is 10.1. The number of benzene rings is 2. The Kier molecular flexibility index (Phi) is 5.20. The third-order valence-electron chi connectivity index (χ3n) is 4.21. The van der Waals surface area contributed by atoms with E-state index in [0.29, 0.717) is 31.7 Å². The van der Waals surface area contributed by atoms with Gasteiger partial charge in [-0.15, -0.1) is 11.8 Å². The zero-order valence-corrected chi connectivity index (χ0v) is 14.5. The van der Waals surface area contributed by atoms with Crippen LogP contribution >= 0.6 is 11.8 Å². The lowest BCUT2D eigenvalue weighted by Gasteiger charge is -2.35. The van der Waals surface area contributed by atoms with Crippen molar-refractivity contribution in [1.82, 2.24) is 9.80 Å². The van der Waals surface area contributed by atoms with Gasteiger partial charge in [-0.25, -0.2) is 0 Å². The van der Waals surface area contributed by atoms with Crippen LogP contribution in [0.4, 0.5) is 0 Å². The average Bonchev–Trinajstić information content (AvgIpc) is 2.67. The number of hydrogen-bond acceptors (Lipinski definition) is 3. The molecule has 0 saturated carbocycles. The second-order valence-corrected chi connectivity index (χ2v) is 6.50. The molecule has 1 saturated heterocycles. The molecule has 0 aromatic heterocycles. The van der Waals surface area contributed by atoms with E-state index >= 15 is 0 Å². The number of rotatable bonds is 3. The number of amides is 2. The van der Waals surface area contributed by atoms with Crippen molar-refractivity contribution in [2.45, 2.75) is 4.90 Å². The molecule has 5 heteroatoms. The molecule has 0 bridgehead atoms. The Morgan fingerprint density at radius 3 is 1.96 bits per heavy atom. The van der Waals surface area contributed by atoms with Crippen molar-refractivity contribution in [2.24, 2.45) is 0 Å². The van der Waals surface area contributed by atoms with Gasteiger partial charge in [-0.2, -0.15) is 0 Å². The van der Waals surface area contributed by atoms with Gasteiger partial charge in [0.15, 0.2) is 0 Å². The molecule has 0 atom stereocenters. The molecule has 124 valence electrons. The number of thioether (sulfide) groups is 1. The summed E-state index contributed by atoms with van der Waals surface area (Å²) in [4.78, 5) is 29.8. The predicted octanol–water partition coefficient (Wildman–Crippen LogP) is 3.01. The van der Waals surface area contributed by atoms with Crippen LogP contribution in [0, 0.1) is 0 Å². The Balaban J connectivity index is 1.65. The highest BCUT2D eigenvalue weighted by atomic mass is 32.2. The van der Waals surface area contributed by atoms with Crippen LogP contribution in [-0.4, -0.2) is 54.0 Å². The minimum Gasteiger partial charge on any atom is -0.335 e. The molecular formula is C19H20N2O2S. The van der Waals surface area contributed by atoms with Gasteiger partial charge in [-0.1, -0.05) is 30.3 Å². The van der Waals surface area contributed by atoms with E-state index in [2.05, 4.69) is 0 Å². The van der Waals surface area contributed by atoms with Crippen molar-refractivity contribution in [3.8, 4) is 0 Å². The smallest absolute Gasteiger partial charge is 0.255 e. The molecule has 0 unspecified atom stereocenters. The van der Waals surface area contributed by atoms with E-state index in [-0.39, 0.29) is 11.8 Å². The lowest BCUT2D eigenvalue weighted by Crippen LogP contribution is -2.50. The van der Waals surface area contributed by atoms with E-state index in [1.54, 1.807) is 11.8 Å². The van der Waals surface area contributed by atoms with E-state index < -0.39 is 0 Å². The molecule has 1 heterocycles. The van der Waals surface area contributed by atoms with Crippen LogP contribution in [-0.2, 0) is 0 Å². The van der Waals surface area contributed by atoms with Crippen molar-refractivity contribution < 1.29 is 9.59 Å². The second-order valence-electron chi connectivity index (χ2n) is 5.65. The molecule has 1 aliphatic heterocycles. The molecule has 0 N–H and O–H groups in total. The highest BCUT2D eigenvalue weighted by Crippen LogP contribution is 2.22. The Bertz CT molecular complexity index is 725. The third-order valence-corrected chi connectivity index (χ3v) is 5.01. The topological polar surface area (TPSA) is 40.6 Å². The van der Waals surface area contributed by atoms with Crippen LogP contribution in [0.5, 0.6) is 0 Å². The molecule has 0 spiro atoms. The predicted molar refractivity (Wildman–Crippen MR) is 96.5 cm³/mol. The van der Waals surface area contributed by atoms with Gasteiger partial charge < -0.3 is 9.80 Å². The molecule has 3 rings (SSSR count). The first-order valence-corrected chi connectivity index (χ1v) is 9.20. The summed E-state index contributed by atoms with van der Waals surface area (Å²) in [5.41, 5.74) is 1.44. The summed E-state index contributed by atoms with van der Waals surface area (Å²) >= 11 is 1.58. The van der Waals surface area contributed by atoms with Gasteiger partial charge in [0, 0.05) is 36.6 Å². The number of piperazine rings is 1. The molecule has 2 amide bonds. The minimum absolute atomic E-state index is 0.0345. The minimum atomic E-state index is 0.0345. The number of nitrogens with zero attached hydrogens (tertiary/aromatic N) is 2. The third kappa shape index (κ3) is 3.46.